The second kappa shape index (κ2) is 11.0. The maximum atomic E-state index is 12.8. The maximum Gasteiger partial charge on any atom is 0.223 e. The minimum Gasteiger partial charge on any atom is -0.352 e. The minimum atomic E-state index is -3.52. The van der Waals surface area contributed by atoms with Crippen LogP contribution in [-0.2, 0) is 40.0 Å². The number of carbonyl (C=O) groups excluding carboxylic acids is 1. The van der Waals surface area contributed by atoms with Gasteiger partial charge in [-0.15, -0.1) is 0 Å². The summed E-state index contributed by atoms with van der Waals surface area (Å²) in [6, 6.07) is 11.3. The van der Waals surface area contributed by atoms with Crippen molar-refractivity contribution in [3.05, 3.63) is 68.7 Å². The van der Waals surface area contributed by atoms with Crippen LogP contribution >= 0.6 is 23.2 Å². The zero-order chi connectivity index (χ0) is 23.3. The van der Waals surface area contributed by atoms with Crippen LogP contribution in [0.25, 0.3) is 0 Å². The Kier molecular flexibility index (Phi) is 8.62. The van der Waals surface area contributed by atoms with Gasteiger partial charge >= 0.3 is 0 Å². The van der Waals surface area contributed by atoms with E-state index >= 15 is 0 Å². The molecule has 1 fully saturated rings. The fourth-order valence-electron chi connectivity index (χ4n) is 4.06. The molecule has 0 radical (unpaired) electrons. The number of hydrogen-bond acceptors (Lipinski definition) is 3. The predicted octanol–water partition coefficient (Wildman–Crippen LogP) is 4.98. The molecule has 3 rings (SSSR count). The number of sulfonamides is 1. The van der Waals surface area contributed by atoms with Crippen LogP contribution in [0.4, 0.5) is 0 Å². The molecule has 5 nitrogen and oxygen atoms in total. The number of nitrogens with zero attached hydrogens (tertiary/aromatic N) is 1. The first-order valence-corrected chi connectivity index (χ1v) is 13.4. The van der Waals surface area contributed by atoms with Crippen LogP contribution < -0.4 is 5.32 Å². The van der Waals surface area contributed by atoms with Crippen molar-refractivity contribution in [1.82, 2.24) is 9.62 Å². The standard InChI is InChI=1S/C24H30Cl2N2O3S/c1-3-17-5-6-18(4-2)21(13-17)15-27-24(29)19-9-11-28(12-10-19)32(30,31)16-20-7-8-22(25)14-23(20)26/h5-8,13-14,19H,3-4,9-12,15-16H2,1-2H3,(H,27,29). The van der Waals surface area contributed by atoms with Gasteiger partial charge in [0, 0.05) is 35.6 Å². The zero-order valence-corrected chi connectivity index (χ0v) is 20.9. The molecule has 1 aliphatic rings. The first-order valence-electron chi connectivity index (χ1n) is 11.0. The van der Waals surface area contributed by atoms with Crippen molar-refractivity contribution in [2.45, 2.75) is 51.8 Å². The number of piperidine rings is 1. The van der Waals surface area contributed by atoms with E-state index in [1.54, 1.807) is 18.2 Å². The third-order valence-corrected chi connectivity index (χ3v) is 8.50. The Bertz CT molecular complexity index is 1060. The molecule has 2 aromatic rings. The number of hydrogen-bond donors (Lipinski definition) is 1. The topological polar surface area (TPSA) is 66.5 Å². The van der Waals surface area contributed by atoms with Crippen molar-refractivity contribution in [2.24, 2.45) is 5.92 Å². The largest absolute Gasteiger partial charge is 0.352 e. The second-order valence-electron chi connectivity index (χ2n) is 8.19. The van der Waals surface area contributed by atoms with Crippen LogP contribution in [0.3, 0.4) is 0 Å². The molecule has 0 unspecified atom stereocenters. The predicted molar refractivity (Wildman–Crippen MR) is 130 cm³/mol. The Morgan fingerprint density at radius 1 is 1.00 bits per heavy atom. The second-order valence-corrected chi connectivity index (χ2v) is 11.0. The fourth-order valence-corrected chi connectivity index (χ4v) is 6.21. The van der Waals surface area contributed by atoms with Gasteiger partial charge in [0.2, 0.25) is 15.9 Å². The molecule has 0 spiro atoms. The quantitative estimate of drug-likeness (QED) is 0.560. The van der Waals surface area contributed by atoms with Gasteiger partial charge in [-0.3, -0.25) is 4.79 Å². The van der Waals surface area contributed by atoms with Crippen LogP contribution in [0.1, 0.15) is 48.9 Å². The molecule has 1 saturated heterocycles. The number of carbonyl (C=O) groups is 1. The number of benzene rings is 2. The number of nitrogens with one attached hydrogen (secondary N) is 1. The lowest BCUT2D eigenvalue weighted by Gasteiger charge is -2.30. The number of aryl methyl sites for hydroxylation is 2. The number of amides is 1. The molecule has 1 N–H and O–H groups in total. The molecule has 0 bridgehead atoms. The highest BCUT2D eigenvalue weighted by Gasteiger charge is 2.31. The third-order valence-electron chi connectivity index (χ3n) is 6.08. The Balaban J connectivity index is 1.55. The van der Waals surface area contributed by atoms with Gasteiger partial charge in [-0.25, -0.2) is 12.7 Å². The monoisotopic (exact) mass is 496 g/mol. The van der Waals surface area contributed by atoms with Crippen LogP contribution in [0.5, 0.6) is 0 Å². The Hall–Kier alpha value is -1.60. The average molecular weight is 497 g/mol. The summed E-state index contributed by atoms with van der Waals surface area (Å²) in [5, 5.41) is 3.87. The van der Waals surface area contributed by atoms with Crippen molar-refractivity contribution >= 4 is 39.1 Å². The summed E-state index contributed by atoms with van der Waals surface area (Å²) in [7, 11) is -3.52. The molecule has 0 saturated carbocycles. The van der Waals surface area contributed by atoms with E-state index in [1.165, 1.54) is 15.4 Å². The van der Waals surface area contributed by atoms with E-state index in [-0.39, 0.29) is 17.6 Å². The average Bonchev–Trinajstić information content (AvgIpc) is 2.79. The van der Waals surface area contributed by atoms with E-state index in [0.29, 0.717) is 48.1 Å². The van der Waals surface area contributed by atoms with E-state index in [2.05, 4.69) is 37.4 Å². The molecule has 0 atom stereocenters. The van der Waals surface area contributed by atoms with E-state index in [9.17, 15) is 13.2 Å². The Morgan fingerprint density at radius 2 is 1.69 bits per heavy atom. The van der Waals surface area contributed by atoms with Crippen molar-refractivity contribution < 1.29 is 13.2 Å². The van der Waals surface area contributed by atoms with Crippen molar-refractivity contribution in [3.63, 3.8) is 0 Å². The van der Waals surface area contributed by atoms with Crippen LogP contribution in [-0.4, -0.2) is 31.7 Å². The van der Waals surface area contributed by atoms with Gasteiger partial charge < -0.3 is 5.32 Å². The molecule has 1 amide bonds. The van der Waals surface area contributed by atoms with Gasteiger partial charge in [0.05, 0.1) is 5.75 Å². The highest BCUT2D eigenvalue weighted by molar-refractivity contribution is 7.88. The Morgan fingerprint density at radius 3 is 2.31 bits per heavy atom. The number of rotatable bonds is 8. The van der Waals surface area contributed by atoms with E-state index in [1.807, 2.05) is 0 Å². The molecule has 1 aliphatic heterocycles. The molecule has 174 valence electrons. The normalized spacial score (nSPS) is 15.6. The van der Waals surface area contributed by atoms with E-state index in [4.69, 9.17) is 23.2 Å². The summed E-state index contributed by atoms with van der Waals surface area (Å²) in [5.74, 6) is -0.361. The lowest BCUT2D eigenvalue weighted by molar-refractivity contribution is -0.126. The van der Waals surface area contributed by atoms with Gasteiger partial charge in [-0.2, -0.15) is 0 Å². The lowest BCUT2D eigenvalue weighted by Crippen LogP contribution is -2.43. The van der Waals surface area contributed by atoms with E-state index in [0.717, 1.165) is 18.4 Å². The van der Waals surface area contributed by atoms with Crippen LogP contribution in [0, 0.1) is 5.92 Å². The molecule has 8 heteroatoms. The van der Waals surface area contributed by atoms with Crippen LogP contribution in [0.2, 0.25) is 10.0 Å². The maximum absolute atomic E-state index is 12.8. The van der Waals surface area contributed by atoms with Gasteiger partial charge in [0.1, 0.15) is 0 Å². The molecule has 1 heterocycles. The summed E-state index contributed by atoms with van der Waals surface area (Å²) < 4.78 is 27.1. The highest BCUT2D eigenvalue weighted by Crippen LogP contribution is 2.26. The summed E-state index contributed by atoms with van der Waals surface area (Å²) >= 11 is 12.0. The zero-order valence-electron chi connectivity index (χ0n) is 18.5. The van der Waals surface area contributed by atoms with Crippen molar-refractivity contribution in [1.29, 1.82) is 0 Å². The molecule has 0 aromatic heterocycles. The molecular weight excluding hydrogens is 467 g/mol. The molecule has 2 aromatic carbocycles. The van der Waals surface area contributed by atoms with Gasteiger partial charge in [-0.1, -0.05) is 61.3 Å². The fraction of sp³-hybridized carbons (Fsp3) is 0.458. The first-order chi connectivity index (χ1) is 15.2. The summed E-state index contributed by atoms with van der Waals surface area (Å²) in [4.78, 5) is 12.7. The van der Waals surface area contributed by atoms with Gasteiger partial charge in [0.15, 0.2) is 0 Å². The SMILES string of the molecule is CCc1ccc(CC)c(CNC(=O)C2CCN(S(=O)(=O)Cc3ccc(Cl)cc3Cl)CC2)c1. The number of halogens is 2. The van der Waals surface area contributed by atoms with Gasteiger partial charge in [0.25, 0.3) is 0 Å². The minimum absolute atomic E-state index is 0.00764. The van der Waals surface area contributed by atoms with Crippen LogP contribution in [0.15, 0.2) is 36.4 Å². The van der Waals surface area contributed by atoms with Gasteiger partial charge in [-0.05, 0) is 60.1 Å². The summed E-state index contributed by atoms with van der Waals surface area (Å²) in [6.45, 7) is 5.39. The summed E-state index contributed by atoms with van der Waals surface area (Å²) in [6.07, 6.45) is 2.90. The summed E-state index contributed by atoms with van der Waals surface area (Å²) in [5.41, 5.74) is 4.17. The third kappa shape index (κ3) is 6.25. The first kappa shape index (κ1) is 25.0. The van der Waals surface area contributed by atoms with E-state index < -0.39 is 10.0 Å². The molecular formula is C24H30Cl2N2O3S. The van der Waals surface area contributed by atoms with Crippen molar-refractivity contribution in [2.75, 3.05) is 13.1 Å². The molecule has 0 aliphatic carbocycles. The van der Waals surface area contributed by atoms with Crippen molar-refractivity contribution in [3.8, 4) is 0 Å². The smallest absolute Gasteiger partial charge is 0.223 e. The highest BCUT2D eigenvalue weighted by atomic mass is 35.5. The Labute approximate surface area is 201 Å². The lowest BCUT2D eigenvalue weighted by atomic mass is 9.96. The molecule has 32 heavy (non-hydrogen) atoms.